The Kier molecular flexibility index (Phi) is 5.84. The van der Waals surface area contributed by atoms with Gasteiger partial charge < -0.3 is 4.74 Å². The first-order valence-electron chi connectivity index (χ1n) is 7.81. The van der Waals surface area contributed by atoms with Crippen LogP contribution in [0.2, 0.25) is 0 Å². The van der Waals surface area contributed by atoms with E-state index < -0.39 is 0 Å². The summed E-state index contributed by atoms with van der Waals surface area (Å²) in [7, 11) is 0. The van der Waals surface area contributed by atoms with Gasteiger partial charge in [0, 0.05) is 0 Å². The molecule has 0 bridgehead atoms. The molecule has 2 nitrogen and oxygen atoms in total. The maximum atomic E-state index is 8.98. The van der Waals surface area contributed by atoms with Crippen LogP contribution in [0.1, 0.15) is 65.0 Å². The van der Waals surface area contributed by atoms with E-state index in [1.807, 2.05) is 13.8 Å². The van der Waals surface area contributed by atoms with Crippen molar-refractivity contribution in [1.29, 1.82) is 5.26 Å². The SMILES string of the molecule is Cc1cc(C(C)(C)C)ccc1OCCCCC(C)(C)C#N. The van der Waals surface area contributed by atoms with Gasteiger partial charge in [-0.05, 0) is 62.6 Å². The van der Waals surface area contributed by atoms with E-state index in [1.54, 1.807) is 0 Å². The van der Waals surface area contributed by atoms with Gasteiger partial charge in [-0.3, -0.25) is 0 Å². The van der Waals surface area contributed by atoms with Crippen LogP contribution in [0, 0.1) is 23.7 Å². The highest BCUT2D eigenvalue weighted by Crippen LogP contribution is 2.28. The van der Waals surface area contributed by atoms with Gasteiger partial charge in [-0.2, -0.15) is 5.26 Å². The third-order valence-electron chi connectivity index (χ3n) is 3.80. The van der Waals surface area contributed by atoms with Crippen LogP contribution in [-0.2, 0) is 5.41 Å². The second-order valence-electron chi connectivity index (χ2n) is 7.53. The summed E-state index contributed by atoms with van der Waals surface area (Å²) >= 11 is 0. The van der Waals surface area contributed by atoms with E-state index in [1.165, 1.54) is 11.1 Å². The number of aryl methyl sites for hydroxylation is 1. The number of hydrogen-bond donors (Lipinski definition) is 0. The zero-order valence-electron chi connectivity index (χ0n) is 14.4. The predicted molar refractivity (Wildman–Crippen MR) is 88.6 cm³/mol. The minimum Gasteiger partial charge on any atom is -0.493 e. The van der Waals surface area contributed by atoms with Crippen molar-refractivity contribution in [2.45, 2.75) is 66.2 Å². The minimum atomic E-state index is -0.218. The zero-order chi connectivity index (χ0) is 16.1. The normalized spacial score (nSPS) is 12.0. The van der Waals surface area contributed by atoms with E-state index in [-0.39, 0.29) is 10.8 Å². The number of benzene rings is 1. The second-order valence-corrected chi connectivity index (χ2v) is 7.53. The third kappa shape index (κ3) is 5.79. The Morgan fingerprint density at radius 3 is 2.29 bits per heavy atom. The quantitative estimate of drug-likeness (QED) is 0.657. The fraction of sp³-hybridized carbons (Fsp3) is 0.632. The molecule has 1 rings (SSSR count). The molecular formula is C19H29NO. The molecule has 0 unspecified atom stereocenters. The van der Waals surface area contributed by atoms with Crippen molar-refractivity contribution < 1.29 is 4.74 Å². The number of hydrogen-bond acceptors (Lipinski definition) is 2. The summed E-state index contributed by atoms with van der Waals surface area (Å²) in [4.78, 5) is 0. The van der Waals surface area contributed by atoms with Crippen molar-refractivity contribution in [3.05, 3.63) is 29.3 Å². The highest BCUT2D eigenvalue weighted by atomic mass is 16.5. The lowest BCUT2D eigenvalue weighted by molar-refractivity contribution is 0.293. The van der Waals surface area contributed by atoms with Crippen LogP contribution in [0.5, 0.6) is 5.75 Å². The Bertz CT molecular complexity index is 503. The molecule has 0 atom stereocenters. The lowest BCUT2D eigenvalue weighted by atomic mass is 9.86. The fourth-order valence-corrected chi connectivity index (χ4v) is 2.18. The molecule has 1 aromatic rings. The van der Waals surface area contributed by atoms with E-state index in [0.717, 1.165) is 31.6 Å². The first-order valence-corrected chi connectivity index (χ1v) is 7.81. The third-order valence-corrected chi connectivity index (χ3v) is 3.80. The molecule has 0 aliphatic rings. The standard InChI is InChI=1S/C19H29NO/c1-15-13-16(18(2,3)4)9-10-17(15)21-12-8-7-11-19(5,6)14-20/h9-10,13H,7-8,11-12H2,1-6H3. The topological polar surface area (TPSA) is 33.0 Å². The van der Waals surface area contributed by atoms with Crippen molar-refractivity contribution in [2.75, 3.05) is 6.61 Å². The lowest BCUT2D eigenvalue weighted by Crippen LogP contribution is -2.11. The first kappa shape index (κ1) is 17.6. The van der Waals surface area contributed by atoms with Crippen LogP contribution >= 0.6 is 0 Å². The average Bonchev–Trinajstić information content (AvgIpc) is 2.38. The maximum Gasteiger partial charge on any atom is 0.122 e. The molecule has 0 fully saturated rings. The van der Waals surface area contributed by atoms with Crippen molar-refractivity contribution in [3.8, 4) is 11.8 Å². The summed E-state index contributed by atoms with van der Waals surface area (Å²) in [6, 6.07) is 8.79. The highest BCUT2D eigenvalue weighted by molar-refractivity contribution is 5.38. The zero-order valence-corrected chi connectivity index (χ0v) is 14.4. The number of ether oxygens (including phenoxy) is 1. The van der Waals surface area contributed by atoms with Crippen LogP contribution in [0.4, 0.5) is 0 Å². The molecule has 0 spiro atoms. The van der Waals surface area contributed by atoms with E-state index in [4.69, 9.17) is 10.00 Å². The first-order chi connectivity index (χ1) is 9.65. The summed E-state index contributed by atoms with van der Waals surface area (Å²) in [6.45, 7) is 13.5. The molecule has 1 aromatic carbocycles. The summed E-state index contributed by atoms with van der Waals surface area (Å²) in [5, 5.41) is 8.98. The molecule has 0 aromatic heterocycles. The van der Waals surface area contributed by atoms with Gasteiger partial charge in [-0.1, -0.05) is 32.9 Å². The maximum absolute atomic E-state index is 8.98. The lowest BCUT2D eigenvalue weighted by Gasteiger charge is -2.20. The Hall–Kier alpha value is -1.49. The highest BCUT2D eigenvalue weighted by Gasteiger charge is 2.16. The Balaban J connectivity index is 2.45. The number of nitriles is 1. The van der Waals surface area contributed by atoms with E-state index >= 15 is 0 Å². The van der Waals surface area contributed by atoms with E-state index in [9.17, 15) is 0 Å². The van der Waals surface area contributed by atoms with Crippen LogP contribution in [0.25, 0.3) is 0 Å². The van der Waals surface area contributed by atoms with Crippen LogP contribution < -0.4 is 4.74 Å². The largest absolute Gasteiger partial charge is 0.493 e. The summed E-state index contributed by atoms with van der Waals surface area (Å²) in [5.41, 5.74) is 2.49. The van der Waals surface area contributed by atoms with E-state index in [2.05, 4.69) is 52.0 Å². The van der Waals surface area contributed by atoms with Crippen LogP contribution in [-0.4, -0.2) is 6.61 Å². The Morgan fingerprint density at radius 1 is 1.10 bits per heavy atom. The molecule has 0 aliphatic heterocycles. The molecule has 0 heterocycles. The van der Waals surface area contributed by atoms with Gasteiger partial charge in [-0.25, -0.2) is 0 Å². The van der Waals surface area contributed by atoms with Crippen LogP contribution in [0.15, 0.2) is 18.2 Å². The van der Waals surface area contributed by atoms with Gasteiger partial charge in [0.25, 0.3) is 0 Å². The van der Waals surface area contributed by atoms with Gasteiger partial charge in [-0.15, -0.1) is 0 Å². The van der Waals surface area contributed by atoms with Crippen molar-refractivity contribution in [3.63, 3.8) is 0 Å². The molecule has 0 aliphatic carbocycles. The number of nitrogens with zero attached hydrogens (tertiary/aromatic N) is 1. The molecule has 0 amide bonds. The van der Waals surface area contributed by atoms with Gasteiger partial charge in [0.2, 0.25) is 0 Å². The Morgan fingerprint density at radius 2 is 1.76 bits per heavy atom. The van der Waals surface area contributed by atoms with Gasteiger partial charge in [0.05, 0.1) is 18.1 Å². The van der Waals surface area contributed by atoms with Crippen molar-refractivity contribution in [2.24, 2.45) is 5.41 Å². The molecule has 0 radical (unpaired) electrons. The number of unbranched alkanes of at least 4 members (excludes halogenated alkanes) is 1. The molecule has 116 valence electrons. The monoisotopic (exact) mass is 287 g/mol. The van der Waals surface area contributed by atoms with Crippen molar-refractivity contribution >= 4 is 0 Å². The molecular weight excluding hydrogens is 258 g/mol. The van der Waals surface area contributed by atoms with Crippen LogP contribution in [0.3, 0.4) is 0 Å². The molecule has 21 heavy (non-hydrogen) atoms. The van der Waals surface area contributed by atoms with Gasteiger partial charge in [0.1, 0.15) is 5.75 Å². The summed E-state index contributed by atoms with van der Waals surface area (Å²) < 4.78 is 5.87. The summed E-state index contributed by atoms with van der Waals surface area (Å²) in [6.07, 6.45) is 2.94. The van der Waals surface area contributed by atoms with Crippen molar-refractivity contribution in [1.82, 2.24) is 0 Å². The molecule has 0 saturated carbocycles. The molecule has 0 N–H and O–H groups in total. The van der Waals surface area contributed by atoms with Gasteiger partial charge >= 0.3 is 0 Å². The Labute approximate surface area is 130 Å². The smallest absolute Gasteiger partial charge is 0.122 e. The molecule has 2 heteroatoms. The average molecular weight is 287 g/mol. The van der Waals surface area contributed by atoms with E-state index in [0.29, 0.717) is 0 Å². The van der Waals surface area contributed by atoms with Gasteiger partial charge in [0.15, 0.2) is 0 Å². The minimum absolute atomic E-state index is 0.173. The fourth-order valence-electron chi connectivity index (χ4n) is 2.18. The predicted octanol–water partition coefficient (Wildman–Crippen LogP) is 5.39. The molecule has 0 saturated heterocycles. The second kappa shape index (κ2) is 6.98. The number of rotatable bonds is 6. The summed E-state index contributed by atoms with van der Waals surface area (Å²) in [5.74, 6) is 0.975.